The molecule has 0 amide bonds. The molecular weight excluding hydrogens is 659 g/mol. The molecule has 15 nitrogen and oxygen atoms in total. The van der Waals surface area contributed by atoms with E-state index in [9.17, 15) is 5.11 Å². The second kappa shape index (κ2) is 19.0. The van der Waals surface area contributed by atoms with Crippen LogP contribution in [0.1, 0.15) is 11.1 Å². The Hall–Kier alpha value is -5.13. The second-order valence-corrected chi connectivity index (χ2v) is 10.4. The number of aromatic nitrogens is 3. The third kappa shape index (κ3) is 12.1. The van der Waals surface area contributed by atoms with E-state index in [1.807, 2.05) is 63.5 Å². The number of ether oxygens (including phenoxy) is 1. The van der Waals surface area contributed by atoms with Gasteiger partial charge >= 0.3 is 40.2 Å². The number of nitrogens with zero attached hydrogens (tertiary/aromatic N) is 8. The van der Waals surface area contributed by atoms with Crippen molar-refractivity contribution < 1.29 is 52.0 Å². The summed E-state index contributed by atoms with van der Waals surface area (Å²) in [6.45, 7) is 1.77. The van der Waals surface area contributed by atoms with Crippen molar-refractivity contribution in [3.05, 3.63) is 102 Å². The fourth-order valence-electron chi connectivity index (χ4n) is 4.03. The summed E-state index contributed by atoms with van der Waals surface area (Å²) >= 11 is 0. The van der Waals surface area contributed by atoms with Gasteiger partial charge in [-0.25, -0.2) is 5.11 Å². The van der Waals surface area contributed by atoms with Crippen LogP contribution in [0.5, 0.6) is 5.75 Å². The molecule has 5 rings (SSSR count). The number of azo groups is 2. The van der Waals surface area contributed by atoms with Crippen molar-refractivity contribution in [2.75, 3.05) is 36.7 Å². The summed E-state index contributed by atoms with van der Waals surface area (Å²) in [6.07, 6.45) is 0. The summed E-state index contributed by atoms with van der Waals surface area (Å²) in [5.74, 6) is 1.51. The quantitative estimate of drug-likeness (QED) is 0.103. The van der Waals surface area contributed by atoms with Gasteiger partial charge in [-0.15, -0.1) is 18.7 Å². The van der Waals surface area contributed by atoms with Crippen molar-refractivity contribution in [2.45, 2.75) is 13.5 Å². The van der Waals surface area contributed by atoms with E-state index in [2.05, 4.69) is 52.1 Å². The minimum Gasteiger partial charge on any atom is -0.494 e. The van der Waals surface area contributed by atoms with E-state index >= 15 is 0 Å². The van der Waals surface area contributed by atoms with Crippen LogP contribution in [-0.2, 0) is 17.2 Å². The molecule has 0 radical (unpaired) electrons. The largest absolute Gasteiger partial charge is 1.00 e. The van der Waals surface area contributed by atoms with Gasteiger partial charge in [-0.1, -0.05) is 12.1 Å². The van der Waals surface area contributed by atoms with Gasteiger partial charge < -0.3 is 25.4 Å². The number of rotatable bonds is 11. The summed E-state index contributed by atoms with van der Waals surface area (Å²) in [6, 6.07) is 28.7. The van der Waals surface area contributed by atoms with E-state index in [1.54, 1.807) is 54.5 Å². The Bertz CT molecular complexity index is 2030. The van der Waals surface area contributed by atoms with Crippen molar-refractivity contribution in [2.24, 2.45) is 20.5 Å². The summed E-state index contributed by atoms with van der Waals surface area (Å²) in [7, 11) is 2.13. The Morgan fingerprint density at radius 1 is 0.796 bits per heavy atom. The van der Waals surface area contributed by atoms with Gasteiger partial charge in [0.15, 0.2) is 0 Å². The number of hydrogen-bond acceptors (Lipinski definition) is 15. The van der Waals surface area contributed by atoms with Crippen LogP contribution in [-0.4, -0.2) is 53.9 Å². The van der Waals surface area contributed by atoms with Crippen LogP contribution in [0.25, 0.3) is 0 Å². The van der Waals surface area contributed by atoms with Gasteiger partial charge in [0.2, 0.25) is 17.8 Å². The Kier molecular flexibility index (Phi) is 14.9. The average molecular weight is 691 g/mol. The van der Waals surface area contributed by atoms with Gasteiger partial charge in [0.1, 0.15) is 5.75 Å². The molecule has 0 atom stereocenters. The first kappa shape index (κ1) is 38.3. The molecule has 0 aliphatic carbocycles. The van der Waals surface area contributed by atoms with Crippen LogP contribution < -0.4 is 49.8 Å². The first-order valence-electron chi connectivity index (χ1n) is 14.2. The Labute approximate surface area is 306 Å². The predicted molar refractivity (Wildman–Crippen MR) is 181 cm³/mol. The Morgan fingerprint density at radius 2 is 1.37 bits per heavy atom. The second-order valence-electron chi connectivity index (χ2n) is 10.0. The van der Waals surface area contributed by atoms with Crippen molar-refractivity contribution in [1.82, 2.24) is 15.0 Å². The number of anilines is 5. The SMILES string of the molecule is COc1cc(N=Nc2c[c-]ccc2)ccc1Nc1nc(Nc2ccc(N=Nc3cccc(C)c3)cc2CO)nc(N(C)C)n1.O=S(=O)=O.[Na+]. The van der Waals surface area contributed by atoms with Crippen LogP contribution in [0.15, 0.2) is 105 Å². The van der Waals surface area contributed by atoms with Crippen LogP contribution in [0, 0.1) is 13.0 Å². The van der Waals surface area contributed by atoms with E-state index in [1.165, 1.54) is 0 Å². The molecule has 0 aliphatic rings. The zero-order valence-corrected chi connectivity index (χ0v) is 30.2. The number of methoxy groups -OCH3 is 1. The molecule has 0 unspecified atom stereocenters. The van der Waals surface area contributed by atoms with E-state index in [4.69, 9.17) is 17.4 Å². The molecule has 246 valence electrons. The van der Waals surface area contributed by atoms with Crippen molar-refractivity contribution >= 4 is 62.6 Å². The molecule has 1 heterocycles. The number of hydrogen-bond donors (Lipinski definition) is 3. The smallest absolute Gasteiger partial charge is 0.494 e. The average Bonchev–Trinajstić information content (AvgIpc) is 3.07. The maximum atomic E-state index is 10.1. The summed E-state index contributed by atoms with van der Waals surface area (Å²) in [4.78, 5) is 15.4. The number of aliphatic hydroxyl groups is 1. The van der Waals surface area contributed by atoms with Crippen molar-refractivity contribution in [3.63, 3.8) is 0 Å². The molecule has 0 aliphatic heterocycles. The Balaban J connectivity index is 0.00000123. The number of aryl methyl sites for hydroxylation is 1. The third-order valence-corrected chi connectivity index (χ3v) is 6.22. The molecule has 49 heavy (non-hydrogen) atoms. The maximum Gasteiger partial charge on any atom is 1.00 e. The fraction of sp³-hybridized carbons (Fsp3) is 0.156. The molecule has 17 heteroatoms. The molecule has 0 saturated carbocycles. The minimum absolute atomic E-state index is 0. The first-order chi connectivity index (χ1) is 23.1. The van der Waals surface area contributed by atoms with Crippen LogP contribution in [0.2, 0.25) is 0 Å². The third-order valence-electron chi connectivity index (χ3n) is 6.22. The molecular formula is C32H31N10NaO5S. The topological polar surface area (TPSA) is 196 Å². The minimum atomic E-state index is -3.11. The van der Waals surface area contributed by atoms with Gasteiger partial charge in [-0.2, -0.15) is 54.6 Å². The van der Waals surface area contributed by atoms with Crippen LogP contribution >= 0.6 is 0 Å². The molecule has 0 fully saturated rings. The first-order valence-corrected chi connectivity index (χ1v) is 15.2. The molecule has 0 spiro atoms. The normalized spacial score (nSPS) is 10.6. The molecule has 4 aromatic carbocycles. The zero-order chi connectivity index (χ0) is 34.5. The van der Waals surface area contributed by atoms with E-state index in [-0.39, 0.29) is 48.1 Å². The summed E-state index contributed by atoms with van der Waals surface area (Å²) in [5, 5.41) is 33.7. The van der Waals surface area contributed by atoms with Crippen molar-refractivity contribution in [1.29, 1.82) is 0 Å². The maximum absolute atomic E-state index is 10.1. The van der Waals surface area contributed by atoms with E-state index < -0.39 is 10.6 Å². The predicted octanol–water partition coefficient (Wildman–Crippen LogP) is 3.87. The molecule has 0 saturated heterocycles. The van der Waals surface area contributed by atoms with Gasteiger partial charge in [-0.05, 0) is 60.6 Å². The number of benzene rings is 4. The molecule has 0 bridgehead atoms. The van der Waals surface area contributed by atoms with Crippen LogP contribution in [0.4, 0.5) is 52.0 Å². The fourth-order valence-corrected chi connectivity index (χ4v) is 4.03. The van der Waals surface area contributed by atoms with E-state index in [0.717, 1.165) is 11.3 Å². The standard InChI is InChI=1S/C32H31N10O2.Na.O3S/c1-21-9-8-12-24(17-21)39-40-25-13-15-27(22(18-25)20-43)33-30-35-31(37-32(36-30)42(2)3)34-28-16-14-26(19-29(28)44-4)41-38-23-10-6-5-7-11-23;;1-4(2)3/h5-6,8-19,43H,20H2,1-4H3,(H2,33,34,35,36,37);;/q-1;+1;. The van der Waals surface area contributed by atoms with Crippen LogP contribution in [0.3, 0.4) is 0 Å². The van der Waals surface area contributed by atoms with Crippen molar-refractivity contribution in [3.8, 4) is 5.75 Å². The monoisotopic (exact) mass is 690 g/mol. The molecule has 1 aromatic heterocycles. The van der Waals surface area contributed by atoms with Gasteiger partial charge in [0.05, 0.1) is 36.5 Å². The zero-order valence-electron chi connectivity index (χ0n) is 27.4. The summed E-state index contributed by atoms with van der Waals surface area (Å²) < 4.78 is 30.9. The molecule has 5 aromatic rings. The van der Waals surface area contributed by atoms with Gasteiger partial charge in [0.25, 0.3) is 0 Å². The number of aliphatic hydroxyl groups excluding tert-OH is 1. The summed E-state index contributed by atoms with van der Waals surface area (Å²) in [5.41, 5.74) is 5.60. The Morgan fingerprint density at radius 3 is 1.94 bits per heavy atom. The van der Waals surface area contributed by atoms with Gasteiger partial charge in [-0.3, -0.25) is 0 Å². The van der Waals surface area contributed by atoms with Gasteiger partial charge in [0, 0.05) is 31.4 Å². The van der Waals surface area contributed by atoms with E-state index in [0.29, 0.717) is 45.7 Å². The molecule has 3 N–H and O–H groups in total. The number of nitrogens with one attached hydrogen (secondary N) is 2.